The van der Waals surface area contributed by atoms with Gasteiger partial charge in [-0.1, -0.05) is 24.3 Å². The second-order valence-corrected chi connectivity index (χ2v) is 9.57. The summed E-state index contributed by atoms with van der Waals surface area (Å²) in [7, 11) is 0. The van der Waals surface area contributed by atoms with Crippen molar-refractivity contribution in [3.05, 3.63) is 65.5 Å². The molecule has 2 fully saturated rings. The van der Waals surface area contributed by atoms with Gasteiger partial charge in [0, 0.05) is 37.4 Å². The molecular weight excluding hydrogens is 452 g/mol. The van der Waals surface area contributed by atoms with E-state index >= 15 is 0 Å². The van der Waals surface area contributed by atoms with Crippen molar-refractivity contribution >= 4 is 17.5 Å². The number of nitrogens with one attached hydrogen (secondary N) is 2. The quantitative estimate of drug-likeness (QED) is 0.563. The van der Waals surface area contributed by atoms with Crippen molar-refractivity contribution in [3.63, 3.8) is 0 Å². The molecule has 4 unspecified atom stereocenters. The van der Waals surface area contributed by atoms with Gasteiger partial charge < -0.3 is 20.3 Å². The summed E-state index contributed by atoms with van der Waals surface area (Å²) in [6.07, 6.45) is 1.56. The number of piperidine rings is 1. The van der Waals surface area contributed by atoms with Crippen LogP contribution < -0.4 is 10.6 Å². The van der Waals surface area contributed by atoms with Crippen LogP contribution in [0.15, 0.2) is 48.5 Å². The molecule has 6 nitrogen and oxygen atoms in total. The van der Waals surface area contributed by atoms with Gasteiger partial charge in [0.15, 0.2) is 5.78 Å². The number of carbonyl (C=O) groups excluding carboxylic acids is 2. The predicted octanol–water partition coefficient (Wildman–Crippen LogP) is 4.60. The minimum Gasteiger partial charge on any atom is -0.375 e. The Labute approximate surface area is 205 Å². The van der Waals surface area contributed by atoms with Crippen molar-refractivity contribution in [2.24, 2.45) is 5.92 Å². The Balaban J connectivity index is 1.34. The summed E-state index contributed by atoms with van der Waals surface area (Å²) in [6.45, 7) is 4.06. The SMILES string of the molecule is CC(=O)c1cccc(NC(=O)NC2C(F)CCOC2CN2CCCC(Cc3ccc(F)cc3)C2)c1. The van der Waals surface area contributed by atoms with Gasteiger partial charge in [0.25, 0.3) is 0 Å². The molecule has 0 radical (unpaired) electrons. The van der Waals surface area contributed by atoms with Crippen LogP contribution in [0.5, 0.6) is 0 Å². The van der Waals surface area contributed by atoms with Crippen molar-refractivity contribution in [3.8, 4) is 0 Å². The van der Waals surface area contributed by atoms with Crippen molar-refractivity contribution in [1.29, 1.82) is 0 Å². The number of anilines is 1. The van der Waals surface area contributed by atoms with E-state index < -0.39 is 24.3 Å². The number of benzene rings is 2. The molecule has 0 bridgehead atoms. The Morgan fingerprint density at radius 2 is 1.94 bits per heavy atom. The summed E-state index contributed by atoms with van der Waals surface area (Å²) >= 11 is 0. The van der Waals surface area contributed by atoms with Crippen LogP contribution in [-0.4, -0.2) is 61.3 Å². The fourth-order valence-electron chi connectivity index (χ4n) is 5.02. The van der Waals surface area contributed by atoms with E-state index in [1.165, 1.54) is 19.1 Å². The summed E-state index contributed by atoms with van der Waals surface area (Å²) in [5.74, 6) is 0.100. The van der Waals surface area contributed by atoms with Crippen molar-refractivity contribution < 1.29 is 23.1 Å². The van der Waals surface area contributed by atoms with Crippen LogP contribution in [-0.2, 0) is 11.2 Å². The van der Waals surface area contributed by atoms with Crippen LogP contribution in [0.25, 0.3) is 0 Å². The van der Waals surface area contributed by atoms with Crippen LogP contribution in [0.1, 0.15) is 42.1 Å². The topological polar surface area (TPSA) is 70.7 Å². The molecule has 2 saturated heterocycles. The average molecular weight is 486 g/mol. The second kappa shape index (κ2) is 11.7. The largest absolute Gasteiger partial charge is 0.375 e. The summed E-state index contributed by atoms with van der Waals surface area (Å²) in [4.78, 5) is 26.5. The third kappa shape index (κ3) is 7.08. The fraction of sp³-hybridized carbons (Fsp3) is 0.481. The molecule has 0 aromatic heterocycles. The van der Waals surface area contributed by atoms with Crippen LogP contribution >= 0.6 is 0 Å². The molecule has 2 aromatic rings. The summed E-state index contributed by atoms with van der Waals surface area (Å²) in [5, 5.41) is 5.47. The number of rotatable bonds is 7. The average Bonchev–Trinajstić information content (AvgIpc) is 2.83. The molecule has 2 N–H and O–H groups in total. The first-order chi connectivity index (χ1) is 16.9. The first kappa shape index (κ1) is 25.3. The van der Waals surface area contributed by atoms with Crippen LogP contribution in [0, 0.1) is 11.7 Å². The molecule has 8 heteroatoms. The minimum atomic E-state index is -1.21. The number of ketones is 1. The van der Waals surface area contributed by atoms with E-state index in [9.17, 15) is 18.4 Å². The van der Waals surface area contributed by atoms with Crippen molar-refractivity contribution in [2.45, 2.75) is 50.9 Å². The number of carbonyl (C=O) groups is 2. The second-order valence-electron chi connectivity index (χ2n) is 9.57. The molecule has 4 atom stereocenters. The normalized spacial score (nSPS) is 25.1. The van der Waals surface area contributed by atoms with Gasteiger partial charge in [0.2, 0.25) is 0 Å². The lowest BCUT2D eigenvalue weighted by Crippen LogP contribution is -2.58. The number of amides is 2. The van der Waals surface area contributed by atoms with Gasteiger partial charge in [-0.05, 0) is 68.5 Å². The zero-order valence-electron chi connectivity index (χ0n) is 20.0. The number of urea groups is 1. The summed E-state index contributed by atoms with van der Waals surface area (Å²) in [5.41, 5.74) is 2.07. The van der Waals surface area contributed by atoms with Crippen LogP contribution in [0.2, 0.25) is 0 Å². The lowest BCUT2D eigenvalue weighted by molar-refractivity contribution is -0.0599. The van der Waals surface area contributed by atoms with Crippen LogP contribution in [0.3, 0.4) is 0 Å². The van der Waals surface area contributed by atoms with Gasteiger partial charge in [0.05, 0.1) is 12.1 Å². The molecule has 2 aromatic carbocycles. The Kier molecular flexibility index (Phi) is 8.46. The maximum atomic E-state index is 14.9. The highest BCUT2D eigenvalue weighted by molar-refractivity contribution is 5.96. The standard InChI is InChI=1S/C27H33F2N3O3/c1-18(33)21-5-2-6-23(15-21)30-27(34)31-26-24(29)11-13-35-25(26)17-32-12-3-4-20(16-32)14-19-7-9-22(28)10-8-19/h2,5-10,15,20,24-26H,3-4,11-14,16-17H2,1H3,(H2,30,31,34). The molecule has 0 spiro atoms. The lowest BCUT2D eigenvalue weighted by atomic mass is 9.90. The van der Waals surface area contributed by atoms with E-state index in [1.807, 2.05) is 12.1 Å². The van der Waals surface area contributed by atoms with E-state index in [0.29, 0.717) is 30.3 Å². The monoisotopic (exact) mass is 485 g/mol. The van der Waals surface area contributed by atoms with Gasteiger partial charge in [-0.15, -0.1) is 0 Å². The molecule has 2 aliphatic rings. The predicted molar refractivity (Wildman–Crippen MR) is 131 cm³/mol. The van der Waals surface area contributed by atoms with E-state index in [1.54, 1.807) is 24.3 Å². The highest BCUT2D eigenvalue weighted by Crippen LogP contribution is 2.24. The molecule has 0 aliphatic carbocycles. The van der Waals surface area contributed by atoms with Crippen molar-refractivity contribution in [1.82, 2.24) is 10.2 Å². The zero-order valence-corrected chi connectivity index (χ0v) is 20.0. The van der Waals surface area contributed by atoms with E-state index in [2.05, 4.69) is 15.5 Å². The van der Waals surface area contributed by atoms with Crippen molar-refractivity contribution in [2.75, 3.05) is 31.6 Å². The smallest absolute Gasteiger partial charge is 0.319 e. The maximum absolute atomic E-state index is 14.9. The molecule has 2 heterocycles. The van der Waals surface area contributed by atoms with Gasteiger partial charge in [-0.3, -0.25) is 4.79 Å². The number of halogens is 2. The highest BCUT2D eigenvalue weighted by atomic mass is 19.1. The number of alkyl halides is 1. The minimum absolute atomic E-state index is 0.0992. The third-order valence-electron chi connectivity index (χ3n) is 6.82. The lowest BCUT2D eigenvalue weighted by Gasteiger charge is -2.40. The summed E-state index contributed by atoms with van der Waals surface area (Å²) in [6, 6.07) is 12.0. The molecule has 2 amide bonds. The van der Waals surface area contributed by atoms with Gasteiger partial charge in [-0.25, -0.2) is 13.6 Å². The van der Waals surface area contributed by atoms with Crippen LogP contribution in [0.4, 0.5) is 19.3 Å². The van der Waals surface area contributed by atoms with Gasteiger partial charge >= 0.3 is 6.03 Å². The number of likely N-dealkylation sites (tertiary alicyclic amines) is 1. The first-order valence-electron chi connectivity index (χ1n) is 12.3. The molecule has 188 valence electrons. The zero-order chi connectivity index (χ0) is 24.8. The van der Waals surface area contributed by atoms with Gasteiger partial charge in [0.1, 0.15) is 12.0 Å². The molecule has 35 heavy (non-hydrogen) atoms. The first-order valence-corrected chi connectivity index (χ1v) is 12.3. The number of hydrogen-bond donors (Lipinski definition) is 2. The maximum Gasteiger partial charge on any atom is 0.319 e. The van der Waals surface area contributed by atoms with E-state index in [4.69, 9.17) is 4.74 Å². The Morgan fingerprint density at radius 1 is 1.14 bits per heavy atom. The Morgan fingerprint density at radius 3 is 2.71 bits per heavy atom. The molecule has 2 aliphatic heterocycles. The fourth-order valence-corrected chi connectivity index (χ4v) is 5.02. The number of Topliss-reactive ketones (excluding diaryl/α,β-unsaturated/α-hetero) is 1. The molecule has 4 rings (SSSR count). The summed E-state index contributed by atoms with van der Waals surface area (Å²) < 4.78 is 34.0. The third-order valence-corrected chi connectivity index (χ3v) is 6.82. The number of ether oxygens (including phenoxy) is 1. The molecular formula is C27H33F2N3O3. The van der Waals surface area contributed by atoms with E-state index in [-0.39, 0.29) is 18.0 Å². The number of hydrogen-bond acceptors (Lipinski definition) is 4. The highest BCUT2D eigenvalue weighted by Gasteiger charge is 2.37. The van der Waals surface area contributed by atoms with Gasteiger partial charge in [-0.2, -0.15) is 0 Å². The number of nitrogens with zero attached hydrogens (tertiary/aromatic N) is 1. The molecule has 0 saturated carbocycles. The Bertz CT molecular complexity index is 1020. The van der Waals surface area contributed by atoms with E-state index in [0.717, 1.165) is 37.9 Å². The Hall–Kier alpha value is -2.84.